The van der Waals surface area contributed by atoms with Gasteiger partial charge in [0.25, 0.3) is 0 Å². The average molecular weight is 365 g/mol. The van der Waals surface area contributed by atoms with E-state index in [0.29, 0.717) is 6.61 Å². The molecule has 0 amide bonds. The minimum atomic E-state index is 0.483. The number of nitrogens with zero attached hydrogens (tertiary/aromatic N) is 3. The number of hydrogen-bond acceptors (Lipinski definition) is 4. The minimum Gasteiger partial charge on any atom is -0.485 e. The van der Waals surface area contributed by atoms with E-state index in [1.807, 2.05) is 24.3 Å². The Morgan fingerprint density at radius 2 is 1.78 bits per heavy atom. The molecule has 4 rings (SSSR count). The summed E-state index contributed by atoms with van der Waals surface area (Å²) in [5.74, 6) is 1.91. The van der Waals surface area contributed by atoms with Crippen LogP contribution in [0.25, 0.3) is 11.0 Å². The summed E-state index contributed by atoms with van der Waals surface area (Å²) in [7, 11) is 0. The molecule has 1 aromatic heterocycles. The molecule has 0 unspecified atom stereocenters. The van der Waals surface area contributed by atoms with Gasteiger partial charge < -0.3 is 14.0 Å². The minimum absolute atomic E-state index is 0.483. The number of morpholine rings is 1. The zero-order valence-corrected chi connectivity index (χ0v) is 15.9. The normalized spacial score (nSPS) is 15.3. The van der Waals surface area contributed by atoms with E-state index in [1.165, 1.54) is 5.52 Å². The van der Waals surface area contributed by atoms with E-state index < -0.39 is 0 Å². The van der Waals surface area contributed by atoms with Gasteiger partial charge >= 0.3 is 0 Å². The Kier molecular flexibility index (Phi) is 5.70. The summed E-state index contributed by atoms with van der Waals surface area (Å²) in [4.78, 5) is 7.31. The summed E-state index contributed by atoms with van der Waals surface area (Å²) in [6, 6.07) is 16.5. The first-order valence-corrected chi connectivity index (χ1v) is 9.74. The molecule has 0 radical (unpaired) electrons. The maximum Gasteiger partial charge on any atom is 0.147 e. The predicted octanol–water partition coefficient (Wildman–Crippen LogP) is 3.65. The van der Waals surface area contributed by atoms with Crippen LogP contribution >= 0.6 is 0 Å². The molecule has 142 valence electrons. The van der Waals surface area contributed by atoms with Gasteiger partial charge in [-0.25, -0.2) is 4.98 Å². The molecule has 1 aliphatic rings. The highest BCUT2D eigenvalue weighted by Gasteiger charge is 2.13. The lowest BCUT2D eigenvalue weighted by Crippen LogP contribution is -2.37. The molecule has 0 N–H and O–H groups in total. The van der Waals surface area contributed by atoms with Crippen LogP contribution in [0.5, 0.6) is 5.75 Å². The number of aryl methyl sites for hydroxylation is 2. The fraction of sp³-hybridized carbons (Fsp3) is 0.409. The van der Waals surface area contributed by atoms with E-state index >= 15 is 0 Å². The van der Waals surface area contributed by atoms with Gasteiger partial charge in [-0.05, 0) is 37.1 Å². The SMILES string of the molecule is Cc1ccccc1OCc1nc2ccccc2n1CCCN1CCOCC1. The van der Waals surface area contributed by atoms with Gasteiger partial charge in [-0.15, -0.1) is 0 Å². The first kappa shape index (κ1) is 18.0. The molecule has 5 nitrogen and oxygen atoms in total. The maximum atomic E-state index is 6.08. The van der Waals surface area contributed by atoms with Crippen molar-refractivity contribution >= 4 is 11.0 Å². The Morgan fingerprint density at radius 1 is 1.00 bits per heavy atom. The second kappa shape index (κ2) is 8.55. The van der Waals surface area contributed by atoms with Crippen LogP contribution in [0.3, 0.4) is 0 Å². The molecular weight excluding hydrogens is 338 g/mol. The van der Waals surface area contributed by atoms with Crippen LogP contribution in [0.2, 0.25) is 0 Å². The van der Waals surface area contributed by atoms with Crippen molar-refractivity contribution in [3.05, 3.63) is 59.9 Å². The summed E-state index contributed by atoms with van der Waals surface area (Å²) in [6.07, 6.45) is 1.09. The summed E-state index contributed by atoms with van der Waals surface area (Å²) in [5, 5.41) is 0. The fourth-order valence-corrected chi connectivity index (χ4v) is 3.62. The largest absolute Gasteiger partial charge is 0.485 e. The van der Waals surface area contributed by atoms with Crippen molar-refractivity contribution in [2.75, 3.05) is 32.8 Å². The summed E-state index contributed by atoms with van der Waals surface area (Å²) in [6.45, 7) is 8.37. The number of para-hydroxylation sites is 3. The summed E-state index contributed by atoms with van der Waals surface area (Å²) < 4.78 is 13.8. The number of imidazole rings is 1. The number of fused-ring (bicyclic) bond motifs is 1. The van der Waals surface area contributed by atoms with Gasteiger partial charge in [0.1, 0.15) is 18.2 Å². The van der Waals surface area contributed by atoms with Gasteiger partial charge in [0.15, 0.2) is 0 Å². The number of hydrogen-bond donors (Lipinski definition) is 0. The number of benzene rings is 2. The van der Waals surface area contributed by atoms with Crippen molar-refractivity contribution in [3.8, 4) is 5.75 Å². The zero-order valence-electron chi connectivity index (χ0n) is 15.9. The Bertz CT molecular complexity index is 884. The summed E-state index contributed by atoms with van der Waals surface area (Å²) in [5.41, 5.74) is 3.36. The molecule has 0 spiro atoms. The van der Waals surface area contributed by atoms with Gasteiger partial charge in [0, 0.05) is 26.2 Å². The predicted molar refractivity (Wildman–Crippen MR) is 107 cm³/mol. The van der Waals surface area contributed by atoms with Crippen LogP contribution in [0.4, 0.5) is 0 Å². The number of rotatable bonds is 7. The van der Waals surface area contributed by atoms with Crippen LogP contribution < -0.4 is 4.74 Å². The molecule has 1 fully saturated rings. The molecule has 0 atom stereocenters. The highest BCUT2D eigenvalue weighted by Crippen LogP contribution is 2.21. The molecule has 1 aliphatic heterocycles. The van der Waals surface area contributed by atoms with Gasteiger partial charge in [-0.1, -0.05) is 30.3 Å². The van der Waals surface area contributed by atoms with Crippen molar-refractivity contribution in [2.24, 2.45) is 0 Å². The second-order valence-corrected chi connectivity index (χ2v) is 7.03. The molecule has 27 heavy (non-hydrogen) atoms. The van der Waals surface area contributed by atoms with Crippen molar-refractivity contribution < 1.29 is 9.47 Å². The standard InChI is InChI=1S/C22H27N3O2/c1-18-7-2-5-10-21(18)27-17-22-23-19-8-3-4-9-20(19)25(22)12-6-11-24-13-15-26-16-14-24/h2-5,7-10H,6,11-17H2,1H3. The third-order valence-corrected chi connectivity index (χ3v) is 5.14. The average Bonchev–Trinajstić information content (AvgIpc) is 3.06. The lowest BCUT2D eigenvalue weighted by molar-refractivity contribution is 0.0369. The first-order valence-electron chi connectivity index (χ1n) is 9.74. The molecular formula is C22H27N3O2. The van der Waals surface area contributed by atoms with Crippen LogP contribution in [0, 0.1) is 6.92 Å². The smallest absolute Gasteiger partial charge is 0.147 e. The van der Waals surface area contributed by atoms with Crippen LogP contribution in [-0.4, -0.2) is 47.3 Å². The topological polar surface area (TPSA) is 39.5 Å². The van der Waals surface area contributed by atoms with Gasteiger partial charge in [0.05, 0.1) is 24.2 Å². The zero-order chi connectivity index (χ0) is 18.5. The van der Waals surface area contributed by atoms with Gasteiger partial charge in [0.2, 0.25) is 0 Å². The molecule has 1 saturated heterocycles. The monoisotopic (exact) mass is 365 g/mol. The fourth-order valence-electron chi connectivity index (χ4n) is 3.62. The Morgan fingerprint density at radius 3 is 2.63 bits per heavy atom. The quantitative estimate of drug-likeness (QED) is 0.641. The Hall–Kier alpha value is -2.37. The molecule has 2 heterocycles. The van der Waals surface area contributed by atoms with Gasteiger partial charge in [-0.2, -0.15) is 0 Å². The van der Waals surface area contributed by atoms with Crippen LogP contribution in [-0.2, 0) is 17.9 Å². The van der Waals surface area contributed by atoms with Gasteiger partial charge in [-0.3, -0.25) is 4.90 Å². The second-order valence-electron chi connectivity index (χ2n) is 7.03. The molecule has 3 aromatic rings. The van der Waals surface area contributed by atoms with E-state index in [2.05, 4.69) is 40.7 Å². The van der Waals surface area contributed by atoms with E-state index in [-0.39, 0.29) is 0 Å². The van der Waals surface area contributed by atoms with E-state index in [4.69, 9.17) is 14.5 Å². The number of ether oxygens (including phenoxy) is 2. The molecule has 5 heteroatoms. The van der Waals surface area contributed by atoms with Crippen molar-refractivity contribution in [2.45, 2.75) is 26.5 Å². The lowest BCUT2D eigenvalue weighted by atomic mass is 10.2. The van der Waals surface area contributed by atoms with Crippen molar-refractivity contribution in [1.82, 2.24) is 14.5 Å². The summed E-state index contributed by atoms with van der Waals surface area (Å²) >= 11 is 0. The Labute approximate surface area is 160 Å². The first-order chi connectivity index (χ1) is 13.3. The third kappa shape index (κ3) is 4.31. The Balaban J connectivity index is 1.47. The molecule has 0 bridgehead atoms. The van der Waals surface area contributed by atoms with Crippen LogP contribution in [0.15, 0.2) is 48.5 Å². The number of aromatic nitrogens is 2. The lowest BCUT2D eigenvalue weighted by Gasteiger charge is -2.26. The van der Waals surface area contributed by atoms with Crippen molar-refractivity contribution in [1.29, 1.82) is 0 Å². The highest BCUT2D eigenvalue weighted by atomic mass is 16.5. The van der Waals surface area contributed by atoms with E-state index in [0.717, 1.165) is 68.5 Å². The third-order valence-electron chi connectivity index (χ3n) is 5.14. The van der Waals surface area contributed by atoms with E-state index in [1.54, 1.807) is 0 Å². The van der Waals surface area contributed by atoms with Crippen LogP contribution in [0.1, 0.15) is 17.8 Å². The van der Waals surface area contributed by atoms with Crippen molar-refractivity contribution in [3.63, 3.8) is 0 Å². The molecule has 2 aromatic carbocycles. The highest BCUT2D eigenvalue weighted by molar-refractivity contribution is 5.75. The van der Waals surface area contributed by atoms with E-state index in [9.17, 15) is 0 Å². The molecule has 0 aliphatic carbocycles. The molecule has 0 saturated carbocycles. The maximum absolute atomic E-state index is 6.08.